The number of rotatable bonds is 6. The highest BCUT2D eigenvalue weighted by Crippen LogP contribution is 2.18. The second-order valence-electron chi connectivity index (χ2n) is 5.75. The van der Waals surface area contributed by atoms with Crippen molar-refractivity contribution in [1.29, 1.82) is 0 Å². The number of ether oxygens (including phenoxy) is 1. The lowest BCUT2D eigenvalue weighted by atomic mass is 10.1. The maximum Gasteiger partial charge on any atom is 0.253 e. The second-order valence-corrected chi connectivity index (χ2v) is 5.75. The summed E-state index contributed by atoms with van der Waals surface area (Å²) < 4.78 is 18.3. The first kappa shape index (κ1) is 17.6. The van der Waals surface area contributed by atoms with Crippen LogP contribution in [-0.4, -0.2) is 24.0 Å². The number of benzene rings is 2. The molecule has 132 valence electrons. The monoisotopic (exact) mass is 350 g/mol. The summed E-state index contributed by atoms with van der Waals surface area (Å²) >= 11 is 0. The SMILES string of the molecule is Cc1nc(-c2ccccc2)ccc1C(=O)NCCOc1ccc(F)cc1. The fourth-order valence-corrected chi connectivity index (χ4v) is 2.53. The summed E-state index contributed by atoms with van der Waals surface area (Å²) in [5, 5.41) is 2.80. The van der Waals surface area contributed by atoms with Gasteiger partial charge in [-0.3, -0.25) is 9.78 Å². The fraction of sp³-hybridized carbons (Fsp3) is 0.143. The van der Waals surface area contributed by atoms with E-state index in [1.54, 1.807) is 18.2 Å². The molecule has 0 radical (unpaired) electrons. The lowest BCUT2D eigenvalue weighted by Crippen LogP contribution is -2.28. The average molecular weight is 350 g/mol. The molecular weight excluding hydrogens is 331 g/mol. The minimum Gasteiger partial charge on any atom is -0.492 e. The molecule has 0 aliphatic heterocycles. The predicted molar refractivity (Wildman–Crippen MR) is 98.6 cm³/mol. The van der Waals surface area contributed by atoms with Gasteiger partial charge in [-0.15, -0.1) is 0 Å². The second kappa shape index (κ2) is 8.25. The van der Waals surface area contributed by atoms with Crippen LogP contribution in [0.25, 0.3) is 11.3 Å². The summed E-state index contributed by atoms with van der Waals surface area (Å²) in [6.07, 6.45) is 0. The molecule has 0 atom stereocenters. The van der Waals surface area contributed by atoms with Gasteiger partial charge in [-0.25, -0.2) is 4.39 Å². The minimum absolute atomic E-state index is 0.197. The van der Waals surface area contributed by atoms with Gasteiger partial charge in [0.1, 0.15) is 18.2 Å². The first-order valence-electron chi connectivity index (χ1n) is 8.33. The number of aromatic nitrogens is 1. The van der Waals surface area contributed by atoms with Crippen LogP contribution < -0.4 is 10.1 Å². The van der Waals surface area contributed by atoms with Crippen LogP contribution in [0.5, 0.6) is 5.75 Å². The van der Waals surface area contributed by atoms with Gasteiger partial charge in [0.05, 0.1) is 23.5 Å². The Morgan fingerprint density at radius 2 is 1.77 bits per heavy atom. The highest BCUT2D eigenvalue weighted by molar-refractivity contribution is 5.95. The Bertz CT molecular complexity index is 880. The summed E-state index contributed by atoms with van der Waals surface area (Å²) in [6, 6.07) is 19.2. The number of aryl methyl sites for hydroxylation is 1. The number of pyridine rings is 1. The van der Waals surface area contributed by atoms with E-state index < -0.39 is 0 Å². The van der Waals surface area contributed by atoms with Gasteiger partial charge in [0.15, 0.2) is 0 Å². The highest BCUT2D eigenvalue weighted by atomic mass is 19.1. The van der Waals surface area contributed by atoms with Crippen molar-refractivity contribution >= 4 is 5.91 Å². The van der Waals surface area contributed by atoms with Crippen molar-refractivity contribution in [2.75, 3.05) is 13.2 Å². The average Bonchev–Trinajstić information content (AvgIpc) is 2.67. The first-order valence-corrected chi connectivity index (χ1v) is 8.33. The van der Waals surface area contributed by atoms with E-state index >= 15 is 0 Å². The quantitative estimate of drug-likeness (QED) is 0.684. The Morgan fingerprint density at radius 3 is 2.46 bits per heavy atom. The summed E-state index contributed by atoms with van der Waals surface area (Å²) in [5.74, 6) is 0.0515. The fourth-order valence-electron chi connectivity index (χ4n) is 2.53. The smallest absolute Gasteiger partial charge is 0.253 e. The molecule has 1 N–H and O–H groups in total. The van der Waals surface area contributed by atoms with E-state index in [2.05, 4.69) is 10.3 Å². The Kier molecular flexibility index (Phi) is 5.59. The zero-order valence-corrected chi connectivity index (χ0v) is 14.4. The van der Waals surface area contributed by atoms with Gasteiger partial charge in [0.2, 0.25) is 0 Å². The highest BCUT2D eigenvalue weighted by Gasteiger charge is 2.11. The van der Waals surface area contributed by atoms with Crippen molar-refractivity contribution in [3.8, 4) is 17.0 Å². The molecule has 0 aliphatic rings. The van der Waals surface area contributed by atoms with E-state index in [0.29, 0.717) is 30.2 Å². The van der Waals surface area contributed by atoms with E-state index in [-0.39, 0.29) is 11.7 Å². The number of nitrogens with one attached hydrogen (secondary N) is 1. The largest absolute Gasteiger partial charge is 0.492 e. The van der Waals surface area contributed by atoms with Crippen LogP contribution in [0.4, 0.5) is 4.39 Å². The van der Waals surface area contributed by atoms with Crippen LogP contribution in [0.2, 0.25) is 0 Å². The van der Waals surface area contributed by atoms with E-state index in [1.807, 2.05) is 43.3 Å². The third-order valence-electron chi connectivity index (χ3n) is 3.87. The van der Waals surface area contributed by atoms with E-state index in [4.69, 9.17) is 4.74 Å². The van der Waals surface area contributed by atoms with Crippen LogP contribution in [0.1, 0.15) is 16.1 Å². The number of hydrogen-bond acceptors (Lipinski definition) is 3. The molecule has 0 fully saturated rings. The van der Waals surface area contributed by atoms with Crippen LogP contribution in [-0.2, 0) is 0 Å². The standard InChI is InChI=1S/C21H19FN2O2/c1-15-19(11-12-20(24-15)16-5-3-2-4-6-16)21(25)23-13-14-26-18-9-7-17(22)8-10-18/h2-12H,13-14H2,1H3,(H,23,25). The Morgan fingerprint density at radius 1 is 1.04 bits per heavy atom. The molecule has 1 aromatic heterocycles. The van der Waals surface area contributed by atoms with Crippen molar-refractivity contribution < 1.29 is 13.9 Å². The molecule has 0 spiro atoms. The minimum atomic E-state index is -0.312. The molecule has 0 aliphatic carbocycles. The van der Waals surface area contributed by atoms with E-state index in [0.717, 1.165) is 11.3 Å². The summed E-state index contributed by atoms with van der Waals surface area (Å²) in [7, 11) is 0. The lowest BCUT2D eigenvalue weighted by Gasteiger charge is -2.10. The van der Waals surface area contributed by atoms with E-state index in [9.17, 15) is 9.18 Å². The molecular formula is C21H19FN2O2. The molecule has 0 bridgehead atoms. The molecule has 4 nitrogen and oxygen atoms in total. The number of carbonyl (C=O) groups excluding carboxylic acids is 1. The van der Waals surface area contributed by atoms with Crippen LogP contribution >= 0.6 is 0 Å². The van der Waals surface area contributed by atoms with E-state index in [1.165, 1.54) is 12.1 Å². The lowest BCUT2D eigenvalue weighted by molar-refractivity contribution is 0.0946. The number of amides is 1. The Hall–Kier alpha value is -3.21. The van der Waals surface area contributed by atoms with Gasteiger partial charge in [-0.05, 0) is 43.3 Å². The van der Waals surface area contributed by atoms with Gasteiger partial charge >= 0.3 is 0 Å². The van der Waals surface area contributed by atoms with Crippen LogP contribution in [0.3, 0.4) is 0 Å². The van der Waals surface area contributed by atoms with Crippen LogP contribution in [0.15, 0.2) is 66.7 Å². The number of carbonyl (C=O) groups is 1. The molecule has 5 heteroatoms. The molecule has 2 aromatic carbocycles. The van der Waals surface area contributed by atoms with Gasteiger partial charge in [-0.2, -0.15) is 0 Å². The maximum atomic E-state index is 12.8. The van der Waals surface area contributed by atoms with Crippen molar-refractivity contribution in [2.24, 2.45) is 0 Å². The maximum absolute atomic E-state index is 12.8. The molecule has 0 unspecified atom stereocenters. The van der Waals surface area contributed by atoms with Gasteiger partial charge < -0.3 is 10.1 Å². The molecule has 1 amide bonds. The topological polar surface area (TPSA) is 51.2 Å². The molecule has 26 heavy (non-hydrogen) atoms. The van der Waals surface area contributed by atoms with Crippen molar-refractivity contribution in [3.63, 3.8) is 0 Å². The third kappa shape index (κ3) is 4.45. The zero-order valence-electron chi connectivity index (χ0n) is 14.4. The molecule has 0 saturated carbocycles. The Labute approximate surface area is 151 Å². The number of hydrogen-bond donors (Lipinski definition) is 1. The third-order valence-corrected chi connectivity index (χ3v) is 3.87. The zero-order chi connectivity index (χ0) is 18.4. The molecule has 3 rings (SSSR count). The van der Waals surface area contributed by atoms with Gasteiger partial charge in [0, 0.05) is 5.56 Å². The summed E-state index contributed by atoms with van der Waals surface area (Å²) in [6.45, 7) is 2.46. The van der Waals surface area contributed by atoms with Crippen molar-refractivity contribution in [2.45, 2.75) is 6.92 Å². The summed E-state index contributed by atoms with van der Waals surface area (Å²) in [4.78, 5) is 16.8. The van der Waals surface area contributed by atoms with Crippen LogP contribution in [0, 0.1) is 12.7 Å². The predicted octanol–water partition coefficient (Wildman–Crippen LogP) is 4.00. The first-order chi connectivity index (χ1) is 12.6. The number of nitrogens with zero attached hydrogens (tertiary/aromatic N) is 1. The Balaban J connectivity index is 1.55. The number of halogens is 1. The van der Waals surface area contributed by atoms with Gasteiger partial charge in [0.25, 0.3) is 5.91 Å². The molecule has 0 saturated heterocycles. The van der Waals surface area contributed by atoms with Gasteiger partial charge in [-0.1, -0.05) is 30.3 Å². The molecule has 1 heterocycles. The molecule has 3 aromatic rings. The van der Waals surface area contributed by atoms with Crippen molar-refractivity contribution in [3.05, 3.63) is 83.8 Å². The van der Waals surface area contributed by atoms with Crippen molar-refractivity contribution in [1.82, 2.24) is 10.3 Å². The normalized spacial score (nSPS) is 10.4. The summed E-state index contributed by atoms with van der Waals surface area (Å²) in [5.41, 5.74) is 3.05.